The van der Waals surface area contributed by atoms with Gasteiger partial charge in [0.2, 0.25) is 5.91 Å². The van der Waals surface area contributed by atoms with E-state index in [-0.39, 0.29) is 31.5 Å². The highest BCUT2D eigenvalue weighted by atomic mass is 19.1. The van der Waals surface area contributed by atoms with Gasteiger partial charge in [0, 0.05) is 42.5 Å². The molecular weight excluding hydrogens is 561 g/mol. The number of fused-ring (bicyclic) bond motifs is 2. The number of aromatic nitrogens is 3. The minimum Gasteiger partial charge on any atom is -0.465 e. The second-order valence-electron chi connectivity index (χ2n) is 12.0. The Morgan fingerprint density at radius 2 is 1.93 bits per heavy atom. The molecule has 6 rings (SSSR count). The summed E-state index contributed by atoms with van der Waals surface area (Å²) in [6.07, 6.45) is -2.54. The Hall–Kier alpha value is -4.06. The third-order valence-corrected chi connectivity index (χ3v) is 8.62. The predicted octanol–water partition coefficient (Wildman–Crippen LogP) is 4.80. The molecule has 0 unspecified atom stereocenters. The van der Waals surface area contributed by atoms with Crippen molar-refractivity contribution in [1.29, 1.82) is 0 Å². The minimum atomic E-state index is -1.33. The van der Waals surface area contributed by atoms with E-state index < -0.39 is 42.2 Å². The number of aromatic amines is 1. The Morgan fingerprint density at radius 3 is 2.65 bits per heavy atom. The largest absolute Gasteiger partial charge is 0.465 e. The number of alkyl halides is 2. The summed E-state index contributed by atoms with van der Waals surface area (Å²) in [7, 11) is 0. The maximum atomic E-state index is 14.9. The van der Waals surface area contributed by atoms with Crippen molar-refractivity contribution in [3.63, 3.8) is 0 Å². The van der Waals surface area contributed by atoms with Gasteiger partial charge in [-0.25, -0.2) is 22.9 Å². The van der Waals surface area contributed by atoms with Gasteiger partial charge in [0.25, 0.3) is 0 Å². The van der Waals surface area contributed by atoms with Crippen LogP contribution in [0.1, 0.15) is 32.3 Å². The lowest BCUT2D eigenvalue weighted by Crippen LogP contribution is -2.53. The number of nitrogens with zero attached hydrogens (tertiary/aromatic N) is 3. The number of para-hydroxylation sites is 1. The molecule has 0 bridgehead atoms. The van der Waals surface area contributed by atoms with E-state index in [9.17, 15) is 27.9 Å². The second-order valence-corrected chi connectivity index (χ2v) is 12.0. The zero-order valence-electron chi connectivity index (χ0n) is 24.0. The molecule has 0 spiro atoms. The highest BCUT2D eigenvalue weighted by molar-refractivity contribution is 5.92. The summed E-state index contributed by atoms with van der Waals surface area (Å²) >= 11 is 0. The molecule has 228 valence electrons. The third-order valence-electron chi connectivity index (χ3n) is 8.62. The van der Waals surface area contributed by atoms with Crippen molar-refractivity contribution in [2.45, 2.75) is 70.1 Å². The number of hydrogen-bond donors (Lipinski definition) is 4. The molecule has 2 aromatic heterocycles. The number of amides is 2. The number of carboxylic acid groups (broad SMARTS) is 1. The third kappa shape index (κ3) is 5.67. The van der Waals surface area contributed by atoms with E-state index in [2.05, 4.69) is 15.6 Å². The molecule has 4 N–H and O–H groups in total. The Balaban J connectivity index is 1.44. The van der Waals surface area contributed by atoms with E-state index >= 15 is 0 Å². The number of carbonyl (C=O) groups is 2. The van der Waals surface area contributed by atoms with Crippen molar-refractivity contribution in [2.24, 2.45) is 5.92 Å². The van der Waals surface area contributed by atoms with Crippen LogP contribution >= 0.6 is 0 Å². The quantitative estimate of drug-likeness (QED) is 0.233. The van der Waals surface area contributed by atoms with Crippen LogP contribution in [0, 0.1) is 11.7 Å². The van der Waals surface area contributed by atoms with Crippen LogP contribution in [0.4, 0.5) is 18.0 Å². The normalized spacial score (nSPS) is 23.1. The van der Waals surface area contributed by atoms with E-state index in [1.165, 1.54) is 17.0 Å². The van der Waals surface area contributed by atoms with Crippen LogP contribution in [0.15, 0.2) is 42.5 Å². The summed E-state index contributed by atoms with van der Waals surface area (Å²) in [5.74, 6) is -0.789. The highest BCUT2D eigenvalue weighted by Crippen LogP contribution is 2.35. The first-order chi connectivity index (χ1) is 20.6. The van der Waals surface area contributed by atoms with Gasteiger partial charge in [-0.15, -0.1) is 0 Å². The summed E-state index contributed by atoms with van der Waals surface area (Å²) in [5.41, 5.74) is 3.52. The second kappa shape index (κ2) is 11.6. The van der Waals surface area contributed by atoms with Gasteiger partial charge < -0.3 is 30.2 Å². The lowest BCUT2D eigenvalue weighted by atomic mass is 10.0. The van der Waals surface area contributed by atoms with E-state index in [1.54, 1.807) is 19.9 Å². The fourth-order valence-electron chi connectivity index (χ4n) is 6.59. The first-order valence-electron chi connectivity index (χ1n) is 14.7. The zero-order chi connectivity index (χ0) is 30.4. The number of rotatable bonds is 8. The number of carbonyl (C=O) groups excluding carboxylic acids is 1. The first-order valence-corrected chi connectivity index (χ1v) is 14.7. The average Bonchev–Trinajstić information content (AvgIpc) is 3.72. The molecule has 9 nitrogen and oxygen atoms in total. The van der Waals surface area contributed by atoms with Crippen LogP contribution in [0.5, 0.6) is 0 Å². The lowest BCUT2D eigenvalue weighted by Gasteiger charge is -2.30. The van der Waals surface area contributed by atoms with E-state index in [1.807, 2.05) is 28.8 Å². The number of imidazole rings is 1. The Kier molecular flexibility index (Phi) is 7.80. The van der Waals surface area contributed by atoms with Gasteiger partial charge in [-0.1, -0.05) is 32.0 Å². The summed E-state index contributed by atoms with van der Waals surface area (Å²) in [5, 5.41) is 15.8. The fourth-order valence-corrected chi connectivity index (χ4v) is 6.59. The first kappa shape index (κ1) is 29.0. The van der Waals surface area contributed by atoms with Crippen molar-refractivity contribution in [3.8, 4) is 11.5 Å². The van der Waals surface area contributed by atoms with Crippen molar-refractivity contribution in [3.05, 3.63) is 53.8 Å². The van der Waals surface area contributed by atoms with Crippen LogP contribution in [-0.4, -0.2) is 80.1 Å². The maximum Gasteiger partial charge on any atom is 0.405 e. The van der Waals surface area contributed by atoms with Gasteiger partial charge >= 0.3 is 6.09 Å². The predicted molar refractivity (Wildman–Crippen MR) is 157 cm³/mol. The maximum absolute atomic E-state index is 14.9. The molecule has 43 heavy (non-hydrogen) atoms. The van der Waals surface area contributed by atoms with Crippen LogP contribution in [0.25, 0.3) is 33.5 Å². The molecule has 0 saturated carbocycles. The zero-order valence-corrected chi connectivity index (χ0v) is 24.0. The number of halogens is 3. The van der Waals surface area contributed by atoms with Crippen LogP contribution in [0.2, 0.25) is 0 Å². The molecule has 4 heterocycles. The van der Waals surface area contributed by atoms with Gasteiger partial charge in [0.1, 0.15) is 24.2 Å². The molecule has 5 atom stereocenters. The van der Waals surface area contributed by atoms with Crippen molar-refractivity contribution < 1.29 is 27.9 Å². The van der Waals surface area contributed by atoms with Gasteiger partial charge in [-0.05, 0) is 42.5 Å². The Labute approximate surface area is 246 Å². The standard InChI is InChI=1S/C31H35F3N6O3/c1-16(2)27(38-31(42)43)30(41)39-14-19(34)10-21(39)15-40-26-8-7-17(32)11-25(26)37-29(40)28-23(12-20-9-18(33)13-35-20)22-5-3-4-6-24(22)36-28/h3-8,11,16,18-21,27,35-36,38H,9-10,12-15H2,1-2H3,(H,42,43)/t18-,19-,20-,21-,27-/m0/s1. The lowest BCUT2D eigenvalue weighted by molar-refractivity contribution is -0.135. The van der Waals surface area contributed by atoms with E-state index in [0.717, 1.165) is 16.5 Å². The summed E-state index contributed by atoms with van der Waals surface area (Å²) in [4.78, 5) is 34.7. The molecule has 2 saturated heterocycles. The summed E-state index contributed by atoms with van der Waals surface area (Å²) in [6.45, 7) is 3.76. The van der Waals surface area contributed by atoms with E-state index in [4.69, 9.17) is 4.98 Å². The molecule has 0 aliphatic carbocycles. The van der Waals surface area contributed by atoms with Crippen LogP contribution in [0.3, 0.4) is 0 Å². The molecule has 2 aliphatic rings. The number of benzene rings is 2. The summed E-state index contributed by atoms with van der Waals surface area (Å²) < 4.78 is 45.3. The molecule has 2 aliphatic heterocycles. The molecule has 2 amide bonds. The van der Waals surface area contributed by atoms with Gasteiger partial charge in [-0.3, -0.25) is 4.79 Å². The molecule has 2 fully saturated rings. The van der Waals surface area contributed by atoms with Crippen molar-refractivity contribution in [2.75, 3.05) is 13.1 Å². The summed E-state index contributed by atoms with van der Waals surface area (Å²) in [6, 6.07) is 10.4. The average molecular weight is 597 g/mol. The molecule has 2 aromatic carbocycles. The molecule has 4 aromatic rings. The minimum absolute atomic E-state index is 0.0629. The van der Waals surface area contributed by atoms with Crippen LogP contribution < -0.4 is 10.6 Å². The topological polar surface area (TPSA) is 115 Å². The Bertz CT molecular complexity index is 1670. The monoisotopic (exact) mass is 596 g/mol. The highest BCUT2D eigenvalue weighted by Gasteiger charge is 2.40. The molecular formula is C31H35F3N6O3. The molecule has 12 heteroatoms. The van der Waals surface area contributed by atoms with Crippen LogP contribution in [-0.2, 0) is 17.8 Å². The van der Waals surface area contributed by atoms with Crippen molar-refractivity contribution >= 4 is 33.9 Å². The number of likely N-dealkylation sites (tertiary alicyclic amines) is 1. The van der Waals surface area contributed by atoms with Crippen molar-refractivity contribution in [1.82, 2.24) is 30.1 Å². The molecule has 0 radical (unpaired) electrons. The van der Waals surface area contributed by atoms with Gasteiger partial charge in [0.15, 0.2) is 5.82 Å². The Morgan fingerprint density at radius 1 is 1.14 bits per heavy atom. The SMILES string of the molecule is CC(C)[C@H](NC(=O)O)C(=O)N1C[C@@H](F)C[C@H]1Cn1c(-c2[nH]c3ccccc3c2C[C@@H]2C[C@H](F)CN2)nc2cc(F)ccc21. The van der Waals surface area contributed by atoms with E-state index in [0.29, 0.717) is 41.9 Å². The smallest absolute Gasteiger partial charge is 0.405 e. The number of H-pyrrole nitrogens is 1. The van der Waals surface area contributed by atoms with Gasteiger partial charge in [-0.2, -0.15) is 0 Å². The van der Waals surface area contributed by atoms with Gasteiger partial charge in [0.05, 0.1) is 29.3 Å². The number of nitrogens with one attached hydrogen (secondary N) is 3. The fraction of sp³-hybridized carbons (Fsp3) is 0.452. The number of hydrogen-bond acceptors (Lipinski definition) is 4.